The molecule has 1 heterocycles. The first-order chi connectivity index (χ1) is 10.9. The van der Waals surface area contributed by atoms with Crippen molar-refractivity contribution in [3.05, 3.63) is 51.7 Å². The summed E-state index contributed by atoms with van der Waals surface area (Å²) < 4.78 is 13.4. The minimum atomic E-state index is -0.211. The van der Waals surface area contributed by atoms with Gasteiger partial charge in [-0.15, -0.1) is 11.3 Å². The van der Waals surface area contributed by atoms with Crippen LogP contribution >= 0.6 is 11.3 Å². The number of halogens is 1. The first-order valence-electron chi connectivity index (χ1n) is 7.52. The molecular formula is C17H23FN4S. The van der Waals surface area contributed by atoms with Crippen molar-refractivity contribution < 1.29 is 4.39 Å². The number of rotatable bonds is 5. The van der Waals surface area contributed by atoms with E-state index < -0.39 is 0 Å². The first-order valence-corrected chi connectivity index (χ1v) is 8.34. The number of aryl methyl sites for hydroxylation is 1. The topological polar surface area (TPSA) is 49.3 Å². The van der Waals surface area contributed by atoms with Gasteiger partial charge in [-0.1, -0.05) is 26.0 Å². The quantitative estimate of drug-likeness (QED) is 0.652. The van der Waals surface area contributed by atoms with Crippen LogP contribution in [0.2, 0.25) is 0 Å². The Morgan fingerprint density at radius 3 is 2.74 bits per heavy atom. The smallest absolute Gasteiger partial charge is 0.191 e. The summed E-state index contributed by atoms with van der Waals surface area (Å²) in [5.74, 6) is 0.500. The SMILES string of the molecule is CN=C(NCc1ncc(C)s1)NCC(C)(C)c1cccc(F)c1. The van der Waals surface area contributed by atoms with Crippen molar-refractivity contribution in [2.24, 2.45) is 4.99 Å². The van der Waals surface area contributed by atoms with Crippen molar-refractivity contribution in [1.82, 2.24) is 15.6 Å². The van der Waals surface area contributed by atoms with Gasteiger partial charge in [0.15, 0.2) is 5.96 Å². The second-order valence-corrected chi connectivity index (χ2v) is 7.36. The largest absolute Gasteiger partial charge is 0.356 e. The summed E-state index contributed by atoms with van der Waals surface area (Å²) in [6, 6.07) is 6.73. The molecule has 0 aliphatic rings. The zero-order valence-electron chi connectivity index (χ0n) is 14.0. The number of nitrogens with one attached hydrogen (secondary N) is 2. The molecule has 0 atom stereocenters. The van der Waals surface area contributed by atoms with Crippen LogP contribution in [-0.4, -0.2) is 24.5 Å². The van der Waals surface area contributed by atoms with E-state index in [4.69, 9.17) is 0 Å². The standard InChI is InChI=1S/C17H23FN4S/c1-12-9-20-15(23-12)10-21-16(19-4)22-11-17(2,3)13-6-5-7-14(18)8-13/h5-9H,10-11H2,1-4H3,(H2,19,21,22). The van der Waals surface area contributed by atoms with Crippen LogP contribution in [-0.2, 0) is 12.0 Å². The van der Waals surface area contributed by atoms with E-state index in [-0.39, 0.29) is 11.2 Å². The molecule has 0 saturated carbocycles. The lowest BCUT2D eigenvalue weighted by Gasteiger charge is -2.26. The lowest BCUT2D eigenvalue weighted by molar-refractivity contribution is 0.503. The molecule has 0 spiro atoms. The Bertz CT molecular complexity index is 679. The average Bonchev–Trinajstić information content (AvgIpc) is 2.93. The maximum Gasteiger partial charge on any atom is 0.191 e. The molecule has 0 fully saturated rings. The number of benzene rings is 1. The maximum absolute atomic E-state index is 13.4. The molecular weight excluding hydrogens is 311 g/mol. The van der Waals surface area contributed by atoms with Crippen LogP contribution in [0, 0.1) is 12.7 Å². The van der Waals surface area contributed by atoms with Gasteiger partial charge in [0.1, 0.15) is 10.8 Å². The average molecular weight is 334 g/mol. The number of aliphatic imine (C=N–C) groups is 1. The highest BCUT2D eigenvalue weighted by Crippen LogP contribution is 2.22. The van der Waals surface area contributed by atoms with E-state index in [0.29, 0.717) is 19.0 Å². The van der Waals surface area contributed by atoms with Crippen molar-refractivity contribution in [3.63, 3.8) is 0 Å². The fourth-order valence-electron chi connectivity index (χ4n) is 2.18. The van der Waals surface area contributed by atoms with Gasteiger partial charge in [-0.2, -0.15) is 0 Å². The van der Waals surface area contributed by atoms with Crippen molar-refractivity contribution >= 4 is 17.3 Å². The molecule has 4 nitrogen and oxygen atoms in total. The Balaban J connectivity index is 1.91. The lowest BCUT2D eigenvalue weighted by atomic mass is 9.84. The van der Waals surface area contributed by atoms with E-state index in [1.807, 2.05) is 19.2 Å². The Morgan fingerprint density at radius 1 is 1.35 bits per heavy atom. The molecule has 1 aromatic heterocycles. The number of guanidine groups is 1. The van der Waals surface area contributed by atoms with Crippen LogP contribution in [0.4, 0.5) is 4.39 Å². The zero-order valence-corrected chi connectivity index (χ0v) is 14.8. The van der Waals surface area contributed by atoms with Crippen LogP contribution in [0.25, 0.3) is 0 Å². The van der Waals surface area contributed by atoms with E-state index in [1.54, 1.807) is 30.5 Å². The monoisotopic (exact) mass is 334 g/mol. The summed E-state index contributed by atoms with van der Waals surface area (Å²) in [7, 11) is 1.73. The molecule has 23 heavy (non-hydrogen) atoms. The molecule has 124 valence electrons. The van der Waals surface area contributed by atoms with Gasteiger partial charge in [0.25, 0.3) is 0 Å². The number of nitrogens with zero attached hydrogens (tertiary/aromatic N) is 2. The maximum atomic E-state index is 13.4. The highest BCUT2D eigenvalue weighted by Gasteiger charge is 2.21. The third kappa shape index (κ3) is 5.03. The summed E-state index contributed by atoms with van der Waals surface area (Å²) in [6.07, 6.45) is 1.87. The number of hydrogen-bond acceptors (Lipinski definition) is 3. The predicted octanol–water partition coefficient (Wildman–Crippen LogP) is 3.23. The van der Waals surface area contributed by atoms with Crippen LogP contribution in [0.3, 0.4) is 0 Å². The van der Waals surface area contributed by atoms with E-state index in [1.165, 1.54) is 10.9 Å². The molecule has 0 bridgehead atoms. The second-order valence-electron chi connectivity index (χ2n) is 6.04. The molecule has 0 saturated heterocycles. The first kappa shape index (κ1) is 17.4. The summed E-state index contributed by atoms with van der Waals surface area (Å²) in [5.41, 5.74) is 0.744. The molecule has 0 unspecified atom stereocenters. The van der Waals surface area contributed by atoms with Crippen LogP contribution in [0.15, 0.2) is 35.5 Å². The highest BCUT2D eigenvalue weighted by molar-refractivity contribution is 7.11. The van der Waals surface area contributed by atoms with Crippen LogP contribution in [0.5, 0.6) is 0 Å². The third-order valence-electron chi connectivity index (χ3n) is 3.60. The number of hydrogen-bond donors (Lipinski definition) is 2. The van der Waals surface area contributed by atoms with Crippen LogP contribution < -0.4 is 10.6 Å². The van der Waals surface area contributed by atoms with Crippen molar-refractivity contribution in [1.29, 1.82) is 0 Å². The molecule has 0 amide bonds. The summed E-state index contributed by atoms with van der Waals surface area (Å²) >= 11 is 1.66. The molecule has 2 rings (SSSR count). The Hall–Kier alpha value is -1.95. The molecule has 0 radical (unpaired) electrons. The van der Waals surface area contributed by atoms with Crippen molar-refractivity contribution in [3.8, 4) is 0 Å². The third-order valence-corrected chi connectivity index (χ3v) is 4.52. The molecule has 6 heteroatoms. The fraction of sp³-hybridized carbons (Fsp3) is 0.412. The normalized spacial score (nSPS) is 12.3. The van der Waals surface area contributed by atoms with E-state index in [9.17, 15) is 4.39 Å². The summed E-state index contributed by atoms with van der Waals surface area (Å²) in [4.78, 5) is 9.73. The van der Waals surface area contributed by atoms with Crippen molar-refractivity contribution in [2.75, 3.05) is 13.6 Å². The van der Waals surface area contributed by atoms with Gasteiger partial charge in [-0.3, -0.25) is 4.99 Å². The highest BCUT2D eigenvalue weighted by atomic mass is 32.1. The van der Waals surface area contributed by atoms with Crippen LogP contribution in [0.1, 0.15) is 29.3 Å². The van der Waals surface area contributed by atoms with Gasteiger partial charge in [-0.05, 0) is 24.6 Å². The van der Waals surface area contributed by atoms with Gasteiger partial charge in [0.05, 0.1) is 6.54 Å². The molecule has 1 aromatic carbocycles. The lowest BCUT2D eigenvalue weighted by Crippen LogP contribution is -2.43. The van der Waals surface area contributed by atoms with Gasteiger partial charge < -0.3 is 10.6 Å². The minimum absolute atomic E-state index is 0.211. The van der Waals surface area contributed by atoms with Crippen molar-refractivity contribution in [2.45, 2.75) is 32.7 Å². The van der Waals surface area contributed by atoms with E-state index >= 15 is 0 Å². The molecule has 2 N–H and O–H groups in total. The van der Waals surface area contributed by atoms with E-state index in [0.717, 1.165) is 10.6 Å². The van der Waals surface area contributed by atoms with Gasteiger partial charge in [-0.25, -0.2) is 9.37 Å². The Morgan fingerprint density at radius 2 is 2.13 bits per heavy atom. The zero-order chi connectivity index (χ0) is 16.9. The number of aromatic nitrogens is 1. The summed E-state index contributed by atoms with van der Waals surface area (Å²) in [5, 5.41) is 7.57. The van der Waals surface area contributed by atoms with Gasteiger partial charge in [0.2, 0.25) is 0 Å². The van der Waals surface area contributed by atoms with E-state index in [2.05, 4.69) is 34.5 Å². The number of thiazole rings is 1. The molecule has 0 aliphatic carbocycles. The van der Waals surface area contributed by atoms with Gasteiger partial charge in [0, 0.05) is 30.1 Å². The Labute approximate surface area is 140 Å². The minimum Gasteiger partial charge on any atom is -0.356 e. The Kier molecular flexibility index (Phi) is 5.71. The second kappa shape index (κ2) is 7.55. The van der Waals surface area contributed by atoms with Gasteiger partial charge >= 0.3 is 0 Å². The molecule has 0 aliphatic heterocycles. The summed E-state index contributed by atoms with van der Waals surface area (Å²) in [6.45, 7) is 7.47. The molecule has 2 aromatic rings. The predicted molar refractivity (Wildman–Crippen MR) is 94.5 cm³/mol. The fourth-order valence-corrected chi connectivity index (χ4v) is 2.91.